The Morgan fingerprint density at radius 3 is 2.61 bits per heavy atom. The molecule has 1 heterocycles. The Morgan fingerprint density at radius 2 is 1.94 bits per heavy atom. The van der Waals surface area contributed by atoms with Gasteiger partial charge in [0.1, 0.15) is 12.2 Å². The van der Waals surface area contributed by atoms with Gasteiger partial charge in [0.15, 0.2) is 0 Å². The van der Waals surface area contributed by atoms with Gasteiger partial charge in [-0.1, -0.05) is 30.3 Å². The van der Waals surface area contributed by atoms with Crippen molar-refractivity contribution in [3.8, 4) is 0 Å². The molecule has 1 saturated heterocycles. The largest absolute Gasteiger partial charge is 0.465 e. The van der Waals surface area contributed by atoms with E-state index in [0.717, 1.165) is 5.56 Å². The number of aliphatic hydroxyl groups is 1. The molecule has 1 aliphatic rings. The zero-order chi connectivity index (χ0) is 13.2. The fourth-order valence-corrected chi connectivity index (χ4v) is 3.31. The van der Waals surface area contributed by atoms with Crippen molar-refractivity contribution in [2.45, 2.75) is 30.6 Å². The van der Waals surface area contributed by atoms with Gasteiger partial charge < -0.3 is 9.84 Å². The van der Waals surface area contributed by atoms with E-state index < -0.39 is 10.3 Å². The first-order valence-corrected chi connectivity index (χ1v) is 7.02. The fourth-order valence-electron chi connectivity index (χ4n) is 2.21. The predicted octanol–water partition coefficient (Wildman–Crippen LogP) is 2.33. The van der Waals surface area contributed by atoms with Gasteiger partial charge in [0.2, 0.25) is 0 Å². The Labute approximate surface area is 112 Å². The molecule has 98 valence electrons. The monoisotopic (exact) mass is 266 g/mol. The van der Waals surface area contributed by atoms with Crippen molar-refractivity contribution in [2.24, 2.45) is 0 Å². The molecule has 0 radical (unpaired) electrons. The number of rotatable bonds is 1. The zero-order valence-corrected chi connectivity index (χ0v) is 11.5. The standard InChI is InChI=1S/C14H18O3S/c1-13(2)14(16,11-6-4-3-5-7-11)10-12(15)17-8-9-18-13/h3-7,16H,8-10H2,1-2H3. The third-order valence-electron chi connectivity index (χ3n) is 3.46. The van der Waals surface area contributed by atoms with Crippen LogP contribution in [-0.2, 0) is 15.1 Å². The molecular weight excluding hydrogens is 248 g/mol. The third-order valence-corrected chi connectivity index (χ3v) is 4.89. The number of ether oxygens (including phenoxy) is 1. The van der Waals surface area contributed by atoms with Gasteiger partial charge in [-0.3, -0.25) is 4.79 Å². The second kappa shape index (κ2) is 4.94. The Kier molecular flexibility index (Phi) is 3.69. The maximum absolute atomic E-state index is 11.7. The van der Waals surface area contributed by atoms with E-state index in [-0.39, 0.29) is 12.4 Å². The molecule has 2 rings (SSSR count). The number of carbonyl (C=O) groups excluding carboxylic acids is 1. The van der Waals surface area contributed by atoms with E-state index in [1.807, 2.05) is 44.2 Å². The summed E-state index contributed by atoms with van der Waals surface area (Å²) in [5.74, 6) is 0.364. The third kappa shape index (κ3) is 2.40. The van der Waals surface area contributed by atoms with E-state index in [9.17, 15) is 9.90 Å². The van der Waals surface area contributed by atoms with Crippen LogP contribution in [0.4, 0.5) is 0 Å². The highest BCUT2D eigenvalue weighted by molar-refractivity contribution is 8.00. The first-order valence-electron chi connectivity index (χ1n) is 6.03. The van der Waals surface area contributed by atoms with Crippen LogP contribution >= 0.6 is 11.8 Å². The van der Waals surface area contributed by atoms with Crippen LogP contribution in [-0.4, -0.2) is 28.2 Å². The maximum atomic E-state index is 11.7. The maximum Gasteiger partial charge on any atom is 0.309 e. The van der Waals surface area contributed by atoms with Crippen LogP contribution in [0.15, 0.2) is 30.3 Å². The zero-order valence-electron chi connectivity index (χ0n) is 10.7. The first-order chi connectivity index (χ1) is 8.46. The molecule has 0 aliphatic carbocycles. The molecule has 4 heteroatoms. The van der Waals surface area contributed by atoms with Crippen molar-refractivity contribution in [2.75, 3.05) is 12.4 Å². The summed E-state index contributed by atoms with van der Waals surface area (Å²) in [6, 6.07) is 9.36. The minimum atomic E-state index is -1.20. The van der Waals surface area contributed by atoms with Crippen LogP contribution in [0.5, 0.6) is 0 Å². The molecule has 18 heavy (non-hydrogen) atoms. The van der Waals surface area contributed by atoms with Crippen LogP contribution in [0.2, 0.25) is 0 Å². The molecule has 0 amide bonds. The van der Waals surface area contributed by atoms with E-state index in [0.29, 0.717) is 12.4 Å². The number of hydrogen-bond donors (Lipinski definition) is 1. The molecule has 0 spiro atoms. The van der Waals surface area contributed by atoms with Gasteiger partial charge in [-0.2, -0.15) is 0 Å². The molecule has 3 nitrogen and oxygen atoms in total. The van der Waals surface area contributed by atoms with Crippen molar-refractivity contribution >= 4 is 17.7 Å². The number of benzene rings is 1. The topological polar surface area (TPSA) is 46.5 Å². The van der Waals surface area contributed by atoms with Crippen molar-refractivity contribution in [3.05, 3.63) is 35.9 Å². The van der Waals surface area contributed by atoms with Gasteiger partial charge in [-0.05, 0) is 19.4 Å². The molecule has 1 aliphatic heterocycles. The summed E-state index contributed by atoms with van der Waals surface area (Å²) >= 11 is 1.63. The minimum Gasteiger partial charge on any atom is -0.465 e. The summed E-state index contributed by atoms with van der Waals surface area (Å²) in [6.07, 6.45) is -0.00296. The first kappa shape index (κ1) is 13.4. The smallest absolute Gasteiger partial charge is 0.309 e. The van der Waals surface area contributed by atoms with Crippen molar-refractivity contribution < 1.29 is 14.6 Å². The molecule has 0 saturated carbocycles. The average molecular weight is 266 g/mol. The predicted molar refractivity (Wildman–Crippen MR) is 72.5 cm³/mol. The van der Waals surface area contributed by atoms with Gasteiger partial charge in [-0.15, -0.1) is 11.8 Å². The van der Waals surface area contributed by atoms with Gasteiger partial charge in [-0.25, -0.2) is 0 Å². The fraction of sp³-hybridized carbons (Fsp3) is 0.500. The highest BCUT2D eigenvalue weighted by atomic mass is 32.2. The molecule has 0 aromatic heterocycles. The van der Waals surface area contributed by atoms with Gasteiger partial charge in [0.25, 0.3) is 0 Å². The van der Waals surface area contributed by atoms with Crippen LogP contribution in [0, 0.1) is 0 Å². The Morgan fingerprint density at radius 1 is 1.28 bits per heavy atom. The second-order valence-electron chi connectivity index (χ2n) is 4.98. The highest BCUT2D eigenvalue weighted by Gasteiger charge is 2.48. The van der Waals surface area contributed by atoms with Crippen molar-refractivity contribution in [1.29, 1.82) is 0 Å². The van der Waals surface area contributed by atoms with Crippen molar-refractivity contribution in [3.63, 3.8) is 0 Å². The molecule has 1 aromatic rings. The molecule has 0 bridgehead atoms. The number of carbonyl (C=O) groups is 1. The van der Waals surface area contributed by atoms with Crippen LogP contribution in [0.3, 0.4) is 0 Å². The Balaban J connectivity index is 2.43. The van der Waals surface area contributed by atoms with E-state index in [2.05, 4.69) is 0 Å². The minimum absolute atomic E-state index is 0.00296. The van der Waals surface area contributed by atoms with Crippen LogP contribution in [0.25, 0.3) is 0 Å². The van der Waals surface area contributed by atoms with E-state index >= 15 is 0 Å². The molecule has 1 atom stereocenters. The molecule has 1 N–H and O–H groups in total. The van der Waals surface area contributed by atoms with E-state index in [1.165, 1.54) is 0 Å². The van der Waals surface area contributed by atoms with Gasteiger partial charge >= 0.3 is 5.97 Å². The molecule has 1 unspecified atom stereocenters. The molecule has 1 aromatic carbocycles. The SMILES string of the molecule is CC1(C)SCCOC(=O)CC1(O)c1ccccc1. The van der Waals surface area contributed by atoms with E-state index in [4.69, 9.17) is 4.74 Å². The number of thioether (sulfide) groups is 1. The lowest BCUT2D eigenvalue weighted by atomic mass is 9.80. The quantitative estimate of drug-likeness (QED) is 0.793. The average Bonchev–Trinajstić information content (AvgIpc) is 2.34. The van der Waals surface area contributed by atoms with Crippen LogP contribution in [0.1, 0.15) is 25.8 Å². The summed E-state index contributed by atoms with van der Waals surface area (Å²) < 4.78 is 4.64. The molecular formula is C14H18O3S. The summed E-state index contributed by atoms with van der Waals surface area (Å²) in [6.45, 7) is 4.37. The summed E-state index contributed by atoms with van der Waals surface area (Å²) in [5.41, 5.74) is -0.433. The number of cyclic esters (lactones) is 1. The van der Waals surface area contributed by atoms with Gasteiger partial charge in [0, 0.05) is 10.5 Å². The number of hydrogen-bond acceptors (Lipinski definition) is 4. The van der Waals surface area contributed by atoms with E-state index in [1.54, 1.807) is 11.8 Å². The highest BCUT2D eigenvalue weighted by Crippen LogP contribution is 2.45. The summed E-state index contributed by atoms with van der Waals surface area (Å²) in [4.78, 5) is 11.7. The summed E-state index contributed by atoms with van der Waals surface area (Å²) in [7, 11) is 0. The van der Waals surface area contributed by atoms with Crippen molar-refractivity contribution in [1.82, 2.24) is 0 Å². The Hall–Kier alpha value is -1.00. The molecule has 1 fully saturated rings. The lowest BCUT2D eigenvalue weighted by Gasteiger charge is -2.43. The lowest BCUT2D eigenvalue weighted by molar-refractivity contribution is -0.151. The second-order valence-corrected chi connectivity index (χ2v) is 6.70. The van der Waals surface area contributed by atoms with Crippen LogP contribution < -0.4 is 0 Å². The van der Waals surface area contributed by atoms with Gasteiger partial charge in [0.05, 0.1) is 6.42 Å². The number of esters is 1. The summed E-state index contributed by atoms with van der Waals surface area (Å²) in [5, 5.41) is 11.0. The lowest BCUT2D eigenvalue weighted by Crippen LogP contribution is -2.48. The normalized spacial score (nSPS) is 28.1. The Bertz CT molecular complexity index is 430.